The number of nitrogens with two attached hydrogens (primary N) is 1. The van der Waals surface area contributed by atoms with Crippen molar-refractivity contribution in [2.75, 3.05) is 0 Å². The van der Waals surface area contributed by atoms with Gasteiger partial charge in [-0.05, 0) is 52.4 Å². The second-order valence-electron chi connectivity index (χ2n) is 17.8. The normalized spacial score (nSPS) is 45.2. The van der Waals surface area contributed by atoms with Crippen molar-refractivity contribution in [1.29, 1.82) is 0 Å². The van der Waals surface area contributed by atoms with Crippen molar-refractivity contribution >= 4 is 11.9 Å². The molecule has 13 N–H and O–H groups in total. The standard InChI is InChI=1S/C47H75NO17/c1-27-17-15-13-11-9-7-5-6-8-10-12-14-16-18-34(64-46-44(58)41(48)43(57)30(4)63-46)24-38-40(45(59)60)37(54)26-47(61,65-38)25-36(53)35(52)20-19-31(49)21-32(50)22-33(51)23-39(55)62-29(3)28(2)42(27)56/h5-6,8,10-18,27-38,40-44,46,49-54,56-58,61H,7,9,19-26,48H2,1-4H3,(H,59,60)/b6-5+,10-8+,13-11+,14-12+,17-15+,18-16+/t27-,28-,29-,30?,31+,32+,33+,34-,35+,36+,37-,38-,40+,41?,42+,43+,44+,46-,47+/m0/s1. The summed E-state index contributed by atoms with van der Waals surface area (Å²) in [6.45, 7) is 6.78. The van der Waals surface area contributed by atoms with Gasteiger partial charge in [-0.1, -0.05) is 86.8 Å². The molecular formula is C47H75NO17. The van der Waals surface area contributed by atoms with Crippen LogP contribution >= 0.6 is 0 Å². The number of carbonyl (C=O) groups excluding carboxylic acids is 1. The summed E-state index contributed by atoms with van der Waals surface area (Å²) in [6, 6.07) is -1.14. The molecule has 3 aliphatic rings. The Balaban J connectivity index is 1.84. The van der Waals surface area contributed by atoms with E-state index in [9.17, 15) is 65.8 Å². The molecule has 0 aromatic carbocycles. The van der Waals surface area contributed by atoms with E-state index in [0.717, 1.165) is 12.8 Å². The van der Waals surface area contributed by atoms with Crippen LogP contribution in [0, 0.1) is 17.8 Å². The molecule has 0 spiro atoms. The highest BCUT2D eigenvalue weighted by molar-refractivity contribution is 5.71. The van der Waals surface area contributed by atoms with E-state index in [1.165, 1.54) is 13.0 Å². The van der Waals surface area contributed by atoms with Gasteiger partial charge < -0.3 is 80.9 Å². The number of carboxylic acid groups (broad SMARTS) is 1. The van der Waals surface area contributed by atoms with Gasteiger partial charge in [0.2, 0.25) is 0 Å². The topological polar surface area (TPSA) is 320 Å². The Morgan fingerprint density at radius 2 is 1.28 bits per heavy atom. The molecule has 0 saturated carbocycles. The van der Waals surface area contributed by atoms with Crippen LogP contribution in [-0.4, -0.2) is 166 Å². The van der Waals surface area contributed by atoms with Crippen LogP contribution in [0.4, 0.5) is 0 Å². The summed E-state index contributed by atoms with van der Waals surface area (Å²) in [6.07, 6.45) is 2.28. The third-order valence-corrected chi connectivity index (χ3v) is 12.2. The molecule has 0 amide bonds. The zero-order valence-corrected chi connectivity index (χ0v) is 37.8. The average molecular weight is 926 g/mol. The van der Waals surface area contributed by atoms with Crippen molar-refractivity contribution < 1.29 is 84.7 Å². The molecular weight excluding hydrogens is 851 g/mol. The van der Waals surface area contributed by atoms with Gasteiger partial charge in [0, 0.05) is 31.1 Å². The van der Waals surface area contributed by atoms with Crippen molar-refractivity contribution in [3.05, 3.63) is 72.9 Å². The number of carbonyl (C=O) groups is 2. The van der Waals surface area contributed by atoms with E-state index in [1.807, 2.05) is 49.5 Å². The van der Waals surface area contributed by atoms with E-state index in [0.29, 0.717) is 0 Å². The maximum atomic E-state index is 12.6. The fraction of sp³-hybridized carbons (Fsp3) is 0.702. The Labute approximate surface area is 381 Å². The number of esters is 1. The number of allylic oxidation sites excluding steroid dienone is 10. The molecule has 18 nitrogen and oxygen atoms in total. The minimum Gasteiger partial charge on any atom is -0.481 e. The van der Waals surface area contributed by atoms with Crippen LogP contribution in [0.5, 0.6) is 0 Å². The Morgan fingerprint density at radius 1 is 0.692 bits per heavy atom. The van der Waals surface area contributed by atoms with Gasteiger partial charge >= 0.3 is 11.9 Å². The SMILES string of the molecule is CC1O[C@@H](O[C@H]2/C=C/C=C/C=C/C=C/CC/C=C/C=C/[C@H](C)[C@@H](O)[C@@H](C)[C@H](C)OC(=O)C[C@H](O)C[C@H](O)C[C@H](O)CC[C@@H](O)[C@H](O)C[C@]3(O)C[C@H](O)[C@@H](C(=O)O)[C@H](C2)O3)[C@H](O)C(N)[C@@H]1O. The number of hydrogen-bond acceptors (Lipinski definition) is 17. The Morgan fingerprint density at radius 3 is 1.94 bits per heavy atom. The van der Waals surface area contributed by atoms with Crippen molar-refractivity contribution in [3.8, 4) is 0 Å². The smallest absolute Gasteiger partial charge is 0.311 e. The molecule has 3 rings (SSSR count). The first kappa shape index (κ1) is 56.1. The van der Waals surface area contributed by atoms with E-state index in [-0.39, 0.29) is 38.0 Å². The molecule has 19 atom stereocenters. The fourth-order valence-electron chi connectivity index (χ4n) is 8.11. The summed E-state index contributed by atoms with van der Waals surface area (Å²) < 4.78 is 23.2. The molecule has 0 radical (unpaired) electrons. The summed E-state index contributed by atoms with van der Waals surface area (Å²) >= 11 is 0. The second kappa shape index (κ2) is 27.6. The lowest BCUT2D eigenvalue weighted by molar-refractivity contribution is -0.310. The average Bonchev–Trinajstić information content (AvgIpc) is 3.21. The van der Waals surface area contributed by atoms with Gasteiger partial charge in [0.15, 0.2) is 12.1 Å². The first-order valence-corrected chi connectivity index (χ1v) is 22.6. The van der Waals surface area contributed by atoms with Gasteiger partial charge in [0.1, 0.15) is 18.1 Å². The molecule has 2 saturated heterocycles. The number of cyclic esters (lactones) is 1. The van der Waals surface area contributed by atoms with Crippen LogP contribution in [0.25, 0.3) is 0 Å². The number of aliphatic hydroxyl groups is 10. The predicted octanol–water partition coefficient (Wildman–Crippen LogP) is 0.936. The third kappa shape index (κ3) is 18.8. The fourth-order valence-corrected chi connectivity index (χ4v) is 8.11. The quantitative estimate of drug-likeness (QED) is 0.175. The largest absolute Gasteiger partial charge is 0.481 e. The molecule has 2 fully saturated rings. The highest BCUT2D eigenvalue weighted by Gasteiger charge is 2.51. The first-order chi connectivity index (χ1) is 30.6. The van der Waals surface area contributed by atoms with Gasteiger partial charge in [-0.3, -0.25) is 9.59 Å². The maximum Gasteiger partial charge on any atom is 0.311 e. The van der Waals surface area contributed by atoms with E-state index in [4.69, 9.17) is 24.7 Å². The Bertz CT molecular complexity index is 1620. The summed E-state index contributed by atoms with van der Waals surface area (Å²) in [5.74, 6) is -6.82. The van der Waals surface area contributed by atoms with Crippen LogP contribution in [0.2, 0.25) is 0 Å². The molecule has 0 aromatic heterocycles. The van der Waals surface area contributed by atoms with E-state index in [2.05, 4.69) is 0 Å². The Hall–Kier alpha value is -3.18. The molecule has 2 bridgehead atoms. The van der Waals surface area contributed by atoms with Crippen LogP contribution in [0.15, 0.2) is 72.9 Å². The van der Waals surface area contributed by atoms with Crippen molar-refractivity contribution in [2.45, 2.75) is 189 Å². The number of ether oxygens (including phenoxy) is 4. The lowest BCUT2D eigenvalue weighted by Gasteiger charge is -2.45. The number of aliphatic hydroxyl groups excluding tert-OH is 9. The minimum absolute atomic E-state index is 0.138. The summed E-state index contributed by atoms with van der Waals surface area (Å²) in [7, 11) is 0. The molecule has 370 valence electrons. The maximum absolute atomic E-state index is 12.6. The first-order valence-electron chi connectivity index (χ1n) is 22.6. The van der Waals surface area contributed by atoms with Gasteiger partial charge in [0.25, 0.3) is 0 Å². The van der Waals surface area contributed by atoms with Crippen LogP contribution in [0.3, 0.4) is 0 Å². The second-order valence-corrected chi connectivity index (χ2v) is 17.8. The monoisotopic (exact) mass is 926 g/mol. The van der Waals surface area contributed by atoms with Crippen LogP contribution in [0.1, 0.15) is 91.9 Å². The zero-order chi connectivity index (χ0) is 48.4. The number of carboxylic acids is 1. The molecule has 18 heteroatoms. The van der Waals surface area contributed by atoms with Gasteiger partial charge in [-0.15, -0.1) is 0 Å². The van der Waals surface area contributed by atoms with Gasteiger partial charge in [0.05, 0.1) is 79.6 Å². The lowest BCUT2D eigenvalue weighted by Crippen LogP contribution is -2.61. The van der Waals surface area contributed by atoms with E-state index >= 15 is 0 Å². The molecule has 2 unspecified atom stereocenters. The zero-order valence-electron chi connectivity index (χ0n) is 37.8. The highest BCUT2D eigenvalue weighted by Crippen LogP contribution is 2.38. The summed E-state index contributed by atoms with van der Waals surface area (Å²) in [5.41, 5.74) is 6.02. The van der Waals surface area contributed by atoms with Crippen LogP contribution < -0.4 is 5.73 Å². The van der Waals surface area contributed by atoms with Crippen molar-refractivity contribution in [2.24, 2.45) is 23.5 Å². The van der Waals surface area contributed by atoms with E-state index < -0.39 is 141 Å². The van der Waals surface area contributed by atoms with Gasteiger partial charge in [-0.2, -0.15) is 0 Å². The predicted molar refractivity (Wildman–Crippen MR) is 237 cm³/mol. The summed E-state index contributed by atoms with van der Waals surface area (Å²) in [5, 5.41) is 118. The molecule has 3 heterocycles. The molecule has 0 aliphatic carbocycles. The highest BCUT2D eigenvalue weighted by atomic mass is 16.7. The van der Waals surface area contributed by atoms with Crippen molar-refractivity contribution in [1.82, 2.24) is 0 Å². The number of rotatable bonds is 3. The van der Waals surface area contributed by atoms with Crippen LogP contribution in [-0.2, 0) is 28.5 Å². The molecule has 0 aromatic rings. The third-order valence-electron chi connectivity index (χ3n) is 12.2. The number of hydrogen-bond donors (Lipinski definition) is 12. The number of fused-ring (bicyclic) bond motifs is 2. The Kier molecular flexibility index (Phi) is 23.8. The number of aliphatic carboxylic acids is 1. The molecule has 3 aliphatic heterocycles. The minimum atomic E-state index is -2.35. The summed E-state index contributed by atoms with van der Waals surface area (Å²) in [4.78, 5) is 25.1. The van der Waals surface area contributed by atoms with Crippen molar-refractivity contribution in [3.63, 3.8) is 0 Å². The van der Waals surface area contributed by atoms with Gasteiger partial charge in [-0.25, -0.2) is 0 Å². The molecule has 65 heavy (non-hydrogen) atoms. The lowest BCUT2D eigenvalue weighted by atomic mass is 9.82. The van der Waals surface area contributed by atoms with E-state index in [1.54, 1.807) is 38.2 Å².